The Kier molecular flexibility index (Phi) is 5.82. The number of nitrogens with one attached hydrogen (secondary N) is 1. The molecule has 1 amide bonds. The van der Waals surface area contributed by atoms with E-state index < -0.39 is 6.09 Å². The maximum Gasteiger partial charge on any atom is 0.408 e. The molecular formula is C19H22N2O3. The van der Waals surface area contributed by atoms with Crippen molar-refractivity contribution in [2.45, 2.75) is 12.8 Å². The Morgan fingerprint density at radius 1 is 1.04 bits per heavy atom. The van der Waals surface area contributed by atoms with Crippen LogP contribution in [0.3, 0.4) is 0 Å². The monoisotopic (exact) mass is 326 g/mol. The molecule has 0 bridgehead atoms. The molecule has 1 unspecified atom stereocenters. The van der Waals surface area contributed by atoms with Gasteiger partial charge in [-0.1, -0.05) is 60.7 Å². The van der Waals surface area contributed by atoms with Gasteiger partial charge in [0.15, 0.2) is 0 Å². The van der Waals surface area contributed by atoms with Crippen LogP contribution in [0.1, 0.15) is 17.3 Å². The van der Waals surface area contributed by atoms with Crippen molar-refractivity contribution in [3.8, 4) is 0 Å². The van der Waals surface area contributed by atoms with E-state index in [0.29, 0.717) is 13.2 Å². The topological polar surface area (TPSA) is 50.8 Å². The van der Waals surface area contributed by atoms with Gasteiger partial charge in [-0.2, -0.15) is 0 Å². The molecule has 1 fully saturated rings. The fourth-order valence-electron chi connectivity index (χ4n) is 2.73. The quantitative estimate of drug-likeness (QED) is 0.918. The van der Waals surface area contributed by atoms with Gasteiger partial charge < -0.3 is 14.8 Å². The summed E-state index contributed by atoms with van der Waals surface area (Å²) < 4.78 is 10.8. The smallest absolute Gasteiger partial charge is 0.408 e. The maximum atomic E-state index is 12.3. The highest BCUT2D eigenvalue weighted by molar-refractivity contribution is 5.67. The van der Waals surface area contributed by atoms with E-state index in [0.717, 1.165) is 24.2 Å². The Balaban J connectivity index is 1.63. The van der Waals surface area contributed by atoms with E-state index in [2.05, 4.69) is 10.2 Å². The summed E-state index contributed by atoms with van der Waals surface area (Å²) in [7, 11) is 0. The van der Waals surface area contributed by atoms with Crippen LogP contribution in [0.25, 0.3) is 0 Å². The van der Waals surface area contributed by atoms with Gasteiger partial charge in [-0.15, -0.1) is 0 Å². The van der Waals surface area contributed by atoms with Gasteiger partial charge in [-0.05, 0) is 11.1 Å². The average molecular weight is 326 g/mol. The Morgan fingerprint density at radius 3 is 2.33 bits per heavy atom. The predicted octanol–water partition coefficient (Wildman–Crippen LogP) is 2.94. The summed E-state index contributed by atoms with van der Waals surface area (Å²) in [6, 6.07) is 19.6. The molecule has 5 nitrogen and oxygen atoms in total. The molecular weight excluding hydrogens is 304 g/mol. The minimum absolute atomic E-state index is 0.210. The molecule has 24 heavy (non-hydrogen) atoms. The summed E-state index contributed by atoms with van der Waals surface area (Å²) >= 11 is 0. The van der Waals surface area contributed by atoms with Crippen LogP contribution in [0.15, 0.2) is 60.7 Å². The summed E-state index contributed by atoms with van der Waals surface area (Å²) in [5.41, 5.74) is 2.01. The second-order valence-electron chi connectivity index (χ2n) is 5.67. The number of hydrogen-bond donors (Lipinski definition) is 1. The van der Waals surface area contributed by atoms with Crippen molar-refractivity contribution in [2.24, 2.45) is 0 Å². The van der Waals surface area contributed by atoms with Crippen molar-refractivity contribution in [2.75, 3.05) is 26.3 Å². The summed E-state index contributed by atoms with van der Waals surface area (Å²) in [5, 5.41) is 2.98. The number of morpholine rings is 1. The third kappa shape index (κ3) is 4.57. The van der Waals surface area contributed by atoms with E-state index >= 15 is 0 Å². The Morgan fingerprint density at radius 2 is 1.67 bits per heavy atom. The molecule has 1 atom stereocenters. The lowest BCUT2D eigenvalue weighted by atomic mass is 10.1. The highest BCUT2D eigenvalue weighted by atomic mass is 16.5. The molecule has 126 valence electrons. The Bertz CT molecular complexity index is 628. The Labute approximate surface area is 142 Å². The first-order chi connectivity index (χ1) is 11.8. The number of nitrogens with zero attached hydrogens (tertiary/aromatic N) is 1. The van der Waals surface area contributed by atoms with E-state index in [1.54, 1.807) is 0 Å². The second kappa shape index (κ2) is 8.47. The minimum Gasteiger partial charge on any atom is -0.445 e. The molecule has 1 saturated heterocycles. The van der Waals surface area contributed by atoms with E-state index in [1.807, 2.05) is 60.7 Å². The number of benzene rings is 2. The number of carbonyl (C=O) groups is 1. The number of rotatable bonds is 5. The molecule has 1 N–H and O–H groups in total. The normalized spacial score (nSPS) is 16.3. The minimum atomic E-state index is -0.417. The Hall–Kier alpha value is -2.37. The van der Waals surface area contributed by atoms with Crippen molar-refractivity contribution >= 4 is 6.09 Å². The molecule has 1 aliphatic heterocycles. The van der Waals surface area contributed by atoms with Crippen molar-refractivity contribution in [3.63, 3.8) is 0 Å². The summed E-state index contributed by atoms with van der Waals surface area (Å²) in [6.07, 6.45) is -0.627. The number of carbonyl (C=O) groups excluding carboxylic acids is 1. The number of hydrogen-bond acceptors (Lipinski definition) is 4. The van der Waals surface area contributed by atoms with Crippen LogP contribution in [0.4, 0.5) is 4.79 Å². The predicted molar refractivity (Wildman–Crippen MR) is 91.3 cm³/mol. The summed E-state index contributed by atoms with van der Waals surface area (Å²) in [6.45, 7) is 3.16. The van der Waals surface area contributed by atoms with Gasteiger partial charge in [0.2, 0.25) is 0 Å². The first kappa shape index (κ1) is 16.5. The van der Waals surface area contributed by atoms with Crippen molar-refractivity contribution in [3.05, 3.63) is 71.8 Å². The maximum absolute atomic E-state index is 12.3. The molecule has 0 aromatic heterocycles. The lowest BCUT2D eigenvalue weighted by Gasteiger charge is -2.34. The molecule has 5 heteroatoms. The molecule has 0 saturated carbocycles. The highest BCUT2D eigenvalue weighted by Crippen LogP contribution is 2.19. The molecule has 1 heterocycles. The third-order valence-corrected chi connectivity index (χ3v) is 3.99. The molecule has 1 aliphatic rings. The second-order valence-corrected chi connectivity index (χ2v) is 5.67. The van der Waals surface area contributed by atoms with Crippen LogP contribution in [0, 0.1) is 0 Å². The number of amides is 1. The van der Waals surface area contributed by atoms with Gasteiger partial charge in [0.1, 0.15) is 12.8 Å². The van der Waals surface area contributed by atoms with Gasteiger partial charge >= 0.3 is 6.09 Å². The van der Waals surface area contributed by atoms with E-state index in [-0.39, 0.29) is 12.8 Å². The average Bonchev–Trinajstić information content (AvgIpc) is 2.67. The van der Waals surface area contributed by atoms with Crippen LogP contribution < -0.4 is 5.32 Å². The SMILES string of the molecule is O=C(NC(c1ccccc1)N1CCOCC1)OCc1ccccc1. The molecule has 0 radical (unpaired) electrons. The van der Waals surface area contributed by atoms with Gasteiger partial charge in [0.25, 0.3) is 0 Å². The van der Waals surface area contributed by atoms with E-state index in [4.69, 9.17) is 9.47 Å². The zero-order valence-corrected chi connectivity index (χ0v) is 13.6. The number of ether oxygens (including phenoxy) is 2. The van der Waals surface area contributed by atoms with Crippen LogP contribution in [0.5, 0.6) is 0 Å². The van der Waals surface area contributed by atoms with Crippen LogP contribution in [-0.2, 0) is 16.1 Å². The van der Waals surface area contributed by atoms with Crippen molar-refractivity contribution in [1.29, 1.82) is 0 Å². The lowest BCUT2D eigenvalue weighted by Crippen LogP contribution is -2.46. The summed E-state index contributed by atoms with van der Waals surface area (Å²) in [5.74, 6) is 0. The fraction of sp³-hybridized carbons (Fsp3) is 0.316. The molecule has 0 aliphatic carbocycles. The fourth-order valence-corrected chi connectivity index (χ4v) is 2.73. The standard InChI is InChI=1S/C19H22N2O3/c22-19(24-15-16-7-3-1-4-8-16)20-18(17-9-5-2-6-10-17)21-11-13-23-14-12-21/h1-10,18H,11-15H2,(H,20,22). The first-order valence-electron chi connectivity index (χ1n) is 8.17. The summed E-state index contributed by atoms with van der Waals surface area (Å²) in [4.78, 5) is 14.4. The lowest BCUT2D eigenvalue weighted by molar-refractivity contribution is 0.00712. The highest BCUT2D eigenvalue weighted by Gasteiger charge is 2.24. The first-order valence-corrected chi connectivity index (χ1v) is 8.17. The molecule has 2 aromatic carbocycles. The zero-order chi connectivity index (χ0) is 16.6. The van der Waals surface area contributed by atoms with Gasteiger partial charge in [0.05, 0.1) is 13.2 Å². The van der Waals surface area contributed by atoms with Crippen molar-refractivity contribution < 1.29 is 14.3 Å². The largest absolute Gasteiger partial charge is 0.445 e. The number of alkyl carbamates (subject to hydrolysis) is 1. The van der Waals surface area contributed by atoms with E-state index in [9.17, 15) is 4.79 Å². The van der Waals surface area contributed by atoms with Gasteiger partial charge in [-0.25, -0.2) is 4.79 Å². The van der Waals surface area contributed by atoms with Crippen molar-refractivity contribution in [1.82, 2.24) is 10.2 Å². The molecule has 2 aromatic rings. The van der Waals surface area contributed by atoms with Gasteiger partial charge in [-0.3, -0.25) is 4.90 Å². The molecule has 0 spiro atoms. The third-order valence-electron chi connectivity index (χ3n) is 3.99. The van der Waals surface area contributed by atoms with Crippen LogP contribution >= 0.6 is 0 Å². The van der Waals surface area contributed by atoms with Crippen LogP contribution in [-0.4, -0.2) is 37.3 Å². The zero-order valence-electron chi connectivity index (χ0n) is 13.6. The van der Waals surface area contributed by atoms with Crippen LogP contribution in [0.2, 0.25) is 0 Å². The molecule has 3 rings (SSSR count). The van der Waals surface area contributed by atoms with E-state index in [1.165, 1.54) is 0 Å². The van der Waals surface area contributed by atoms with Gasteiger partial charge in [0, 0.05) is 13.1 Å².